The van der Waals surface area contributed by atoms with Crippen LogP contribution < -0.4 is 24.4 Å². The van der Waals surface area contributed by atoms with Crippen LogP contribution in [0.5, 0.6) is 17.2 Å². The molecule has 9 nitrogen and oxygen atoms in total. The maximum atomic E-state index is 12.7. The summed E-state index contributed by atoms with van der Waals surface area (Å²) in [5.41, 5.74) is 1.03. The maximum Gasteiger partial charge on any atom is 0.257 e. The standard InChI is InChI=1S/C23H31N3O6S/c1-3-31-21-8-10-22(11-9-21)32-18-23(27)24-12-17-33(28,29)26-15-13-25(14-16-26)19-4-6-20(30-2)7-5-19/h4-11H,3,12-18H2,1-2H3,(H,24,27). The van der Waals surface area contributed by atoms with Gasteiger partial charge in [-0.05, 0) is 55.5 Å². The van der Waals surface area contributed by atoms with E-state index in [-0.39, 0.29) is 24.8 Å². The van der Waals surface area contributed by atoms with Gasteiger partial charge < -0.3 is 24.4 Å². The molecule has 0 atom stereocenters. The molecule has 0 aliphatic carbocycles. The molecule has 3 rings (SSSR count). The molecule has 2 aromatic carbocycles. The van der Waals surface area contributed by atoms with Crippen molar-refractivity contribution < 1.29 is 27.4 Å². The van der Waals surface area contributed by atoms with Gasteiger partial charge in [0.05, 0.1) is 19.5 Å². The minimum atomic E-state index is -3.46. The van der Waals surface area contributed by atoms with Gasteiger partial charge in [0.25, 0.3) is 5.91 Å². The number of methoxy groups -OCH3 is 1. The van der Waals surface area contributed by atoms with E-state index in [0.29, 0.717) is 38.5 Å². The van der Waals surface area contributed by atoms with Crippen molar-refractivity contribution in [2.45, 2.75) is 6.92 Å². The highest BCUT2D eigenvalue weighted by Gasteiger charge is 2.26. The lowest BCUT2D eigenvalue weighted by atomic mass is 10.2. The molecule has 2 aromatic rings. The Kier molecular flexibility index (Phi) is 8.79. The molecule has 180 valence electrons. The lowest BCUT2D eigenvalue weighted by Crippen LogP contribution is -2.50. The molecule has 1 heterocycles. The number of ether oxygens (including phenoxy) is 3. The minimum absolute atomic E-state index is 0.0342. The van der Waals surface area contributed by atoms with Crippen LogP contribution in [0.4, 0.5) is 5.69 Å². The second-order valence-electron chi connectivity index (χ2n) is 7.44. The summed E-state index contributed by atoms with van der Waals surface area (Å²) in [6, 6.07) is 14.7. The van der Waals surface area contributed by atoms with E-state index >= 15 is 0 Å². The number of carbonyl (C=O) groups excluding carboxylic acids is 1. The van der Waals surface area contributed by atoms with E-state index < -0.39 is 10.0 Å². The first kappa shape index (κ1) is 24.7. The number of rotatable bonds is 11. The monoisotopic (exact) mass is 477 g/mol. The van der Waals surface area contributed by atoms with Crippen LogP contribution in [0, 0.1) is 0 Å². The van der Waals surface area contributed by atoms with Gasteiger partial charge in [-0.3, -0.25) is 4.79 Å². The highest BCUT2D eigenvalue weighted by atomic mass is 32.2. The Labute approximate surface area is 195 Å². The summed E-state index contributed by atoms with van der Waals surface area (Å²) in [6.45, 7) is 4.34. The zero-order chi connectivity index (χ0) is 23.7. The lowest BCUT2D eigenvalue weighted by molar-refractivity contribution is -0.122. The molecule has 1 aliphatic heterocycles. The van der Waals surface area contributed by atoms with Crippen LogP contribution in [-0.2, 0) is 14.8 Å². The summed E-state index contributed by atoms with van der Waals surface area (Å²) < 4.78 is 42.7. The van der Waals surface area contributed by atoms with Crippen LogP contribution in [0.3, 0.4) is 0 Å². The molecule has 0 aromatic heterocycles. The fourth-order valence-corrected chi connectivity index (χ4v) is 4.80. The molecule has 0 unspecified atom stereocenters. The van der Waals surface area contributed by atoms with Gasteiger partial charge in [0.2, 0.25) is 10.0 Å². The highest BCUT2D eigenvalue weighted by molar-refractivity contribution is 7.89. The van der Waals surface area contributed by atoms with Crippen LogP contribution in [-0.4, -0.2) is 77.4 Å². The van der Waals surface area contributed by atoms with Crippen LogP contribution in [0.25, 0.3) is 0 Å². The van der Waals surface area contributed by atoms with Gasteiger partial charge in [0.15, 0.2) is 6.61 Å². The van der Waals surface area contributed by atoms with Crippen molar-refractivity contribution >= 4 is 21.6 Å². The van der Waals surface area contributed by atoms with Crippen molar-refractivity contribution in [3.8, 4) is 17.2 Å². The predicted molar refractivity (Wildman–Crippen MR) is 127 cm³/mol. The van der Waals surface area contributed by atoms with Gasteiger partial charge in [-0.15, -0.1) is 0 Å². The van der Waals surface area contributed by atoms with Crippen LogP contribution in [0.1, 0.15) is 6.92 Å². The second kappa shape index (κ2) is 11.8. The zero-order valence-electron chi connectivity index (χ0n) is 19.0. The summed E-state index contributed by atoms with van der Waals surface area (Å²) in [5, 5.41) is 2.61. The summed E-state index contributed by atoms with van der Waals surface area (Å²) in [6.07, 6.45) is 0. The number of amides is 1. The third-order valence-electron chi connectivity index (χ3n) is 5.26. The highest BCUT2D eigenvalue weighted by Crippen LogP contribution is 2.21. The van der Waals surface area contributed by atoms with Crippen molar-refractivity contribution in [1.29, 1.82) is 0 Å². The number of piperazine rings is 1. The zero-order valence-corrected chi connectivity index (χ0v) is 19.8. The molecule has 1 amide bonds. The van der Waals surface area contributed by atoms with Gasteiger partial charge in [0, 0.05) is 38.4 Å². The second-order valence-corrected chi connectivity index (χ2v) is 9.53. The molecule has 1 N–H and O–H groups in total. The third kappa shape index (κ3) is 7.26. The number of carbonyl (C=O) groups is 1. The molecule has 0 radical (unpaired) electrons. The Morgan fingerprint density at radius 3 is 2.06 bits per heavy atom. The average molecular weight is 478 g/mol. The van der Waals surface area contributed by atoms with Gasteiger partial charge in [-0.25, -0.2) is 8.42 Å². The largest absolute Gasteiger partial charge is 0.497 e. The molecular weight excluding hydrogens is 446 g/mol. The van der Waals surface area contributed by atoms with Gasteiger partial charge >= 0.3 is 0 Å². The predicted octanol–water partition coefficient (Wildman–Crippen LogP) is 1.74. The molecule has 1 saturated heterocycles. The Bertz CT molecular complexity index is 988. The fraction of sp³-hybridized carbons (Fsp3) is 0.435. The van der Waals surface area contributed by atoms with Crippen molar-refractivity contribution in [3.63, 3.8) is 0 Å². The van der Waals surface area contributed by atoms with Gasteiger partial charge in [-0.1, -0.05) is 0 Å². The molecule has 0 saturated carbocycles. The van der Waals surface area contributed by atoms with E-state index in [0.717, 1.165) is 17.2 Å². The SMILES string of the molecule is CCOc1ccc(OCC(=O)NCCS(=O)(=O)N2CCN(c3ccc(OC)cc3)CC2)cc1. The summed E-state index contributed by atoms with van der Waals surface area (Å²) in [4.78, 5) is 14.2. The minimum Gasteiger partial charge on any atom is -0.497 e. The van der Waals surface area contributed by atoms with E-state index in [4.69, 9.17) is 14.2 Å². The van der Waals surface area contributed by atoms with E-state index in [9.17, 15) is 13.2 Å². The van der Waals surface area contributed by atoms with Crippen molar-refractivity contribution in [1.82, 2.24) is 9.62 Å². The normalized spacial score (nSPS) is 14.5. The molecule has 1 aliphatic rings. The number of nitrogens with zero attached hydrogens (tertiary/aromatic N) is 2. The summed E-state index contributed by atoms with van der Waals surface area (Å²) in [5.74, 6) is 1.53. The first-order valence-corrected chi connectivity index (χ1v) is 12.5. The number of hydrogen-bond donors (Lipinski definition) is 1. The molecule has 1 fully saturated rings. The van der Waals surface area contributed by atoms with Crippen LogP contribution >= 0.6 is 0 Å². The number of nitrogens with one attached hydrogen (secondary N) is 1. The summed E-state index contributed by atoms with van der Waals surface area (Å²) in [7, 11) is -1.83. The Morgan fingerprint density at radius 2 is 1.48 bits per heavy atom. The first-order chi connectivity index (χ1) is 15.9. The van der Waals surface area contributed by atoms with E-state index in [1.807, 2.05) is 31.2 Å². The average Bonchev–Trinajstić information content (AvgIpc) is 2.84. The maximum absolute atomic E-state index is 12.7. The van der Waals surface area contributed by atoms with E-state index in [1.165, 1.54) is 4.31 Å². The Morgan fingerprint density at radius 1 is 0.909 bits per heavy atom. The molecule has 33 heavy (non-hydrogen) atoms. The molecule has 10 heteroatoms. The van der Waals surface area contributed by atoms with E-state index in [1.54, 1.807) is 31.4 Å². The van der Waals surface area contributed by atoms with Crippen molar-refractivity contribution in [2.75, 3.05) is 63.7 Å². The number of sulfonamides is 1. The molecular formula is C23H31N3O6S. The molecule has 0 bridgehead atoms. The van der Waals surface area contributed by atoms with Gasteiger partial charge in [0.1, 0.15) is 17.2 Å². The van der Waals surface area contributed by atoms with Crippen LogP contribution in [0.15, 0.2) is 48.5 Å². The quantitative estimate of drug-likeness (QED) is 0.527. The number of anilines is 1. The smallest absolute Gasteiger partial charge is 0.257 e. The van der Waals surface area contributed by atoms with Gasteiger partial charge in [-0.2, -0.15) is 4.31 Å². The third-order valence-corrected chi connectivity index (χ3v) is 7.13. The number of benzene rings is 2. The number of hydrogen-bond acceptors (Lipinski definition) is 7. The molecule has 0 spiro atoms. The first-order valence-electron chi connectivity index (χ1n) is 10.9. The van der Waals surface area contributed by atoms with Crippen LogP contribution in [0.2, 0.25) is 0 Å². The van der Waals surface area contributed by atoms with E-state index in [2.05, 4.69) is 10.2 Å². The Hall–Kier alpha value is -2.98. The van der Waals surface area contributed by atoms with Crippen molar-refractivity contribution in [2.24, 2.45) is 0 Å². The lowest BCUT2D eigenvalue weighted by Gasteiger charge is -2.35. The summed E-state index contributed by atoms with van der Waals surface area (Å²) >= 11 is 0. The van der Waals surface area contributed by atoms with Crippen molar-refractivity contribution in [3.05, 3.63) is 48.5 Å². The Balaban J connectivity index is 1.37. The topological polar surface area (TPSA) is 97.4 Å². The fourth-order valence-electron chi connectivity index (χ4n) is 3.46.